The molecule has 0 bridgehead atoms. The van der Waals surface area contributed by atoms with Crippen LogP contribution in [0.25, 0.3) is 0 Å². The smallest absolute Gasteiger partial charge is 0.326 e. The summed E-state index contributed by atoms with van der Waals surface area (Å²) in [6.07, 6.45) is 4.79. The van der Waals surface area contributed by atoms with E-state index in [0.717, 1.165) is 17.4 Å². The van der Waals surface area contributed by atoms with E-state index >= 15 is 0 Å². The van der Waals surface area contributed by atoms with Crippen molar-refractivity contribution in [1.82, 2.24) is 15.3 Å². The first-order valence-electron chi connectivity index (χ1n) is 13.4. The maximum atomic E-state index is 13.6. The number of halogens is 2. The van der Waals surface area contributed by atoms with Crippen molar-refractivity contribution >= 4 is 21.7 Å². The Bertz CT molecular complexity index is 1640. The molecule has 4 rings (SSSR count). The van der Waals surface area contributed by atoms with Crippen LogP contribution in [0.3, 0.4) is 0 Å². The number of rotatable bonds is 14. The molecule has 0 saturated carbocycles. The molecule has 2 atom stereocenters. The molecular formula is C31H31F2N3O6S. The van der Waals surface area contributed by atoms with Crippen molar-refractivity contribution in [3.05, 3.63) is 119 Å². The lowest BCUT2D eigenvalue weighted by atomic mass is 9.98. The third-order valence-electron chi connectivity index (χ3n) is 6.84. The number of ether oxygens (including phenoxy) is 1. The fourth-order valence-corrected chi connectivity index (χ4v) is 5.17. The average Bonchev–Trinajstić information content (AvgIpc) is 3.50. The number of carboxylic acids is 1. The predicted molar refractivity (Wildman–Crippen MR) is 156 cm³/mol. The standard InChI is InChI=1S/C31H31F2N3O6S/c1-43(40,41)17-14-28(31(38)39)36-30(37)26-18-25(13-8-21(26)5-2-20-3-9-23(32)10-4-20)42-19-27(29-34-15-16-35-29)22-6-11-24(33)12-7-22/h3-4,6-13,15-16,18,27-28H,2,5,14,17,19H2,1H3,(H,34,35)(H,36,37)(H,38,39)/t27?,28-/m0/s1. The summed E-state index contributed by atoms with van der Waals surface area (Å²) in [6, 6.07) is 15.3. The number of nitrogens with one attached hydrogen (secondary N) is 2. The molecular weight excluding hydrogens is 580 g/mol. The highest BCUT2D eigenvalue weighted by Crippen LogP contribution is 2.26. The Morgan fingerprint density at radius 1 is 1.00 bits per heavy atom. The number of benzene rings is 3. The maximum absolute atomic E-state index is 13.6. The Morgan fingerprint density at radius 3 is 2.28 bits per heavy atom. The number of carboxylic acid groups (broad SMARTS) is 1. The van der Waals surface area contributed by atoms with Gasteiger partial charge in [-0.2, -0.15) is 0 Å². The van der Waals surface area contributed by atoms with E-state index in [4.69, 9.17) is 4.74 Å². The third kappa shape index (κ3) is 9.20. The Kier molecular flexibility index (Phi) is 10.3. The Labute approximate surface area is 247 Å². The Morgan fingerprint density at radius 2 is 1.67 bits per heavy atom. The summed E-state index contributed by atoms with van der Waals surface area (Å²) in [5.74, 6) is -2.72. The number of hydrogen-bond acceptors (Lipinski definition) is 6. The van der Waals surface area contributed by atoms with E-state index in [1.54, 1.807) is 48.8 Å². The molecule has 12 heteroatoms. The largest absolute Gasteiger partial charge is 0.492 e. The number of carbonyl (C=O) groups is 2. The van der Waals surface area contributed by atoms with Crippen LogP contribution in [0, 0.1) is 11.6 Å². The van der Waals surface area contributed by atoms with Gasteiger partial charge in [0.15, 0.2) is 0 Å². The number of aromatic amines is 1. The second-order valence-electron chi connectivity index (χ2n) is 10.1. The lowest BCUT2D eigenvalue weighted by Crippen LogP contribution is -2.42. The van der Waals surface area contributed by atoms with E-state index in [-0.39, 0.29) is 30.2 Å². The molecule has 1 amide bonds. The SMILES string of the molecule is CS(=O)(=O)CC[C@H](NC(=O)c1cc(OCC(c2ccc(F)cc2)c2ncc[nH]2)ccc1CCc1ccc(F)cc1)C(=O)O. The quantitative estimate of drug-likeness (QED) is 0.193. The molecule has 226 valence electrons. The average molecular weight is 612 g/mol. The topological polar surface area (TPSA) is 138 Å². The van der Waals surface area contributed by atoms with Gasteiger partial charge in [0.05, 0.1) is 11.7 Å². The number of nitrogens with zero attached hydrogens (tertiary/aromatic N) is 1. The molecule has 0 aliphatic carbocycles. The van der Waals surface area contributed by atoms with Gasteiger partial charge in [-0.15, -0.1) is 0 Å². The van der Waals surface area contributed by atoms with Crippen LogP contribution in [-0.2, 0) is 27.5 Å². The highest BCUT2D eigenvalue weighted by atomic mass is 32.2. The van der Waals surface area contributed by atoms with Crippen molar-refractivity contribution in [2.24, 2.45) is 0 Å². The van der Waals surface area contributed by atoms with E-state index in [1.807, 2.05) is 0 Å². The predicted octanol–water partition coefficient (Wildman–Crippen LogP) is 4.30. The van der Waals surface area contributed by atoms with Gasteiger partial charge in [0.1, 0.15) is 45.7 Å². The molecule has 3 N–H and O–H groups in total. The van der Waals surface area contributed by atoms with Gasteiger partial charge in [0.2, 0.25) is 0 Å². The van der Waals surface area contributed by atoms with Crippen LogP contribution in [-0.4, -0.2) is 60.0 Å². The van der Waals surface area contributed by atoms with Crippen LogP contribution in [0.15, 0.2) is 79.1 Å². The van der Waals surface area contributed by atoms with Gasteiger partial charge in [-0.3, -0.25) is 4.79 Å². The highest BCUT2D eigenvalue weighted by Gasteiger charge is 2.24. The van der Waals surface area contributed by atoms with Crippen molar-refractivity contribution in [1.29, 1.82) is 0 Å². The molecule has 3 aromatic carbocycles. The molecule has 4 aromatic rings. The molecule has 0 aliphatic heterocycles. The fraction of sp³-hybridized carbons (Fsp3) is 0.258. The van der Waals surface area contributed by atoms with E-state index in [2.05, 4.69) is 15.3 Å². The molecule has 9 nitrogen and oxygen atoms in total. The summed E-state index contributed by atoms with van der Waals surface area (Å²) >= 11 is 0. The minimum absolute atomic E-state index is 0.0846. The van der Waals surface area contributed by atoms with E-state index in [0.29, 0.717) is 30.0 Å². The van der Waals surface area contributed by atoms with Crippen LogP contribution in [0.1, 0.15) is 45.2 Å². The summed E-state index contributed by atoms with van der Waals surface area (Å²) in [7, 11) is -3.46. The lowest BCUT2D eigenvalue weighted by molar-refractivity contribution is -0.139. The van der Waals surface area contributed by atoms with Crippen LogP contribution in [0.4, 0.5) is 8.78 Å². The highest BCUT2D eigenvalue weighted by molar-refractivity contribution is 7.90. The summed E-state index contributed by atoms with van der Waals surface area (Å²) in [5.41, 5.74) is 2.33. The zero-order valence-corrected chi connectivity index (χ0v) is 24.1. The molecule has 0 fully saturated rings. The molecule has 0 radical (unpaired) electrons. The Hall–Kier alpha value is -4.58. The number of H-pyrrole nitrogens is 1. The second kappa shape index (κ2) is 14.1. The zero-order chi connectivity index (χ0) is 31.0. The number of hydrogen-bond donors (Lipinski definition) is 3. The van der Waals surface area contributed by atoms with Crippen LogP contribution in [0.5, 0.6) is 5.75 Å². The van der Waals surface area contributed by atoms with Gasteiger partial charge in [0, 0.05) is 24.2 Å². The van der Waals surface area contributed by atoms with Crippen molar-refractivity contribution in [2.75, 3.05) is 18.6 Å². The van der Waals surface area contributed by atoms with Crippen LogP contribution < -0.4 is 10.1 Å². The molecule has 0 spiro atoms. The first kappa shape index (κ1) is 31.4. The monoisotopic (exact) mass is 611 g/mol. The minimum Gasteiger partial charge on any atom is -0.492 e. The van der Waals surface area contributed by atoms with E-state index in [9.17, 15) is 31.9 Å². The number of aryl methyl sites for hydroxylation is 2. The molecule has 1 unspecified atom stereocenters. The minimum atomic E-state index is -3.46. The van der Waals surface area contributed by atoms with E-state index < -0.39 is 39.4 Å². The Balaban J connectivity index is 1.59. The number of amides is 1. The van der Waals surface area contributed by atoms with E-state index in [1.165, 1.54) is 30.3 Å². The summed E-state index contributed by atoms with van der Waals surface area (Å²) in [4.78, 5) is 32.6. The van der Waals surface area contributed by atoms with Crippen molar-refractivity contribution < 1.29 is 36.6 Å². The molecule has 43 heavy (non-hydrogen) atoms. The molecule has 0 aliphatic rings. The number of sulfone groups is 1. The third-order valence-corrected chi connectivity index (χ3v) is 7.82. The molecule has 1 heterocycles. The van der Waals surface area contributed by atoms with Gasteiger partial charge in [0.25, 0.3) is 5.91 Å². The van der Waals surface area contributed by atoms with Gasteiger partial charge in [-0.25, -0.2) is 27.0 Å². The molecule has 0 saturated heterocycles. The van der Waals surface area contributed by atoms with Gasteiger partial charge >= 0.3 is 5.97 Å². The normalized spacial score (nSPS) is 12.8. The van der Waals surface area contributed by atoms with Crippen molar-refractivity contribution in [2.45, 2.75) is 31.2 Å². The van der Waals surface area contributed by atoms with Gasteiger partial charge in [-0.05, 0) is 72.4 Å². The zero-order valence-electron chi connectivity index (χ0n) is 23.3. The van der Waals surface area contributed by atoms with Crippen LogP contribution >= 0.6 is 0 Å². The summed E-state index contributed by atoms with van der Waals surface area (Å²) in [6.45, 7) is 0.0846. The van der Waals surface area contributed by atoms with Gasteiger partial charge < -0.3 is 20.1 Å². The summed E-state index contributed by atoms with van der Waals surface area (Å²) < 4.78 is 56.2. The first-order valence-corrected chi connectivity index (χ1v) is 15.5. The van der Waals surface area contributed by atoms with Crippen LogP contribution in [0.2, 0.25) is 0 Å². The van der Waals surface area contributed by atoms with Crippen molar-refractivity contribution in [3.8, 4) is 5.75 Å². The number of imidazole rings is 1. The fourth-order valence-electron chi connectivity index (χ4n) is 4.51. The molecule has 1 aromatic heterocycles. The van der Waals surface area contributed by atoms with Gasteiger partial charge in [-0.1, -0.05) is 30.3 Å². The summed E-state index contributed by atoms with van der Waals surface area (Å²) in [5, 5.41) is 12.1. The number of aliphatic carboxylic acids is 1. The van der Waals surface area contributed by atoms with Crippen molar-refractivity contribution in [3.63, 3.8) is 0 Å². The lowest BCUT2D eigenvalue weighted by Gasteiger charge is -2.19. The maximum Gasteiger partial charge on any atom is 0.326 e. The number of carbonyl (C=O) groups excluding carboxylic acids is 1. The second-order valence-corrected chi connectivity index (χ2v) is 12.4. The first-order chi connectivity index (χ1) is 20.5. The number of aromatic nitrogens is 2.